The van der Waals surface area contributed by atoms with Crippen LogP contribution in [0, 0.1) is 6.07 Å². The molecule has 1 atom stereocenters. The van der Waals surface area contributed by atoms with Crippen LogP contribution in [0.3, 0.4) is 0 Å². The Kier molecular flexibility index (Phi) is 12.0. The van der Waals surface area contributed by atoms with Crippen LogP contribution in [-0.2, 0) is 46.0 Å². The van der Waals surface area contributed by atoms with Crippen molar-refractivity contribution in [2.24, 2.45) is 0 Å². The Bertz CT molecular complexity index is 2900. The van der Waals surface area contributed by atoms with Crippen LogP contribution in [0.1, 0.15) is 86.3 Å². The van der Waals surface area contributed by atoms with Crippen LogP contribution in [0.15, 0.2) is 65.5 Å². The molecule has 3 N–H and O–H groups in total. The van der Waals surface area contributed by atoms with Gasteiger partial charge in [-0.25, -0.2) is 19.1 Å². The summed E-state index contributed by atoms with van der Waals surface area (Å²) in [4.78, 5) is 52.8. The summed E-state index contributed by atoms with van der Waals surface area (Å²) in [6.07, 6.45) is 1.78. The summed E-state index contributed by atoms with van der Waals surface area (Å²) in [5, 5.41) is 40.7. The second kappa shape index (κ2) is 17.9. The van der Waals surface area contributed by atoms with Gasteiger partial charge in [-0.05, 0) is 97.3 Å². The first-order chi connectivity index (χ1) is 31.8. The third-order valence-electron chi connectivity index (χ3n) is 13.5. The van der Waals surface area contributed by atoms with Gasteiger partial charge in [0.1, 0.15) is 18.1 Å². The molecule has 3 aromatic carbocycles. The number of cyclic esters (lactones) is 1. The van der Waals surface area contributed by atoms with Gasteiger partial charge in [0, 0.05) is 68.9 Å². The topological polar surface area (TPSA) is 189 Å². The number of aromatic nitrogens is 5. The lowest BCUT2D eigenvalue weighted by molar-refractivity contribution is -0.173. The average Bonchev–Trinajstić information content (AvgIpc) is 3.88. The van der Waals surface area contributed by atoms with Gasteiger partial charge in [-0.1, -0.05) is 51.0 Å². The van der Waals surface area contributed by atoms with Crippen LogP contribution in [0.5, 0.6) is 17.5 Å². The Morgan fingerprint density at radius 2 is 1.71 bits per heavy atom. The summed E-state index contributed by atoms with van der Waals surface area (Å²) in [6.45, 7) is 13.5. The maximum atomic E-state index is 14.1. The lowest BCUT2D eigenvalue weighted by Gasteiger charge is -2.36. The Morgan fingerprint density at radius 3 is 2.44 bits per heavy atom. The molecule has 3 aromatic heterocycles. The van der Waals surface area contributed by atoms with Gasteiger partial charge >= 0.3 is 18.1 Å². The van der Waals surface area contributed by atoms with Gasteiger partial charge in [0.15, 0.2) is 5.82 Å². The zero-order valence-electron chi connectivity index (χ0n) is 38.0. The van der Waals surface area contributed by atoms with Crippen molar-refractivity contribution in [2.45, 2.75) is 84.6 Å². The maximum Gasteiger partial charge on any atom is 0.410 e. The van der Waals surface area contributed by atoms with Crippen LogP contribution in [-0.4, -0.2) is 113 Å². The van der Waals surface area contributed by atoms with E-state index in [9.17, 15) is 29.7 Å². The number of ether oxygens (including phenoxy) is 2. The van der Waals surface area contributed by atoms with E-state index in [-0.39, 0.29) is 47.8 Å². The first-order valence-electron chi connectivity index (χ1n) is 22.8. The van der Waals surface area contributed by atoms with Gasteiger partial charge in [-0.3, -0.25) is 9.69 Å². The normalized spacial score (nSPS) is 17.2. The first-order valence-corrected chi connectivity index (χ1v) is 22.8. The first kappa shape index (κ1) is 44.4. The number of amides is 1. The van der Waals surface area contributed by atoms with Crippen molar-refractivity contribution < 1.29 is 34.4 Å². The summed E-state index contributed by atoms with van der Waals surface area (Å²) in [5.74, 6) is -0.605. The van der Waals surface area contributed by atoms with E-state index in [1.165, 1.54) is 15.5 Å². The standard InChI is InChI=1S/C50H55N8O8/c1-6-33-34-12-8-9-13-40(34)51-44-37(33)28-57-41(44)25-39-38(46(57)61)29-65-47(62)50(39,7-2)66-49(64)54(5)18-10-11-19-55-20-22-56(23-21-55)27-31-14-16-32(17-15-31)58-45(52-53-48(58)63)36-24-35(30(3)4)42(59)26-43(36)60/h9,12-17,24-26,30,59-60H,6-7,10-11,18-23,27-29H2,1-5H3,(H,53,63). The van der Waals surface area contributed by atoms with Gasteiger partial charge in [-0.15, -0.1) is 5.10 Å². The predicted octanol–water partition coefficient (Wildman–Crippen LogP) is 6.60. The number of hydrogen-bond donors (Lipinski definition) is 3. The van der Waals surface area contributed by atoms with Gasteiger partial charge in [-0.2, -0.15) is 0 Å². The van der Waals surface area contributed by atoms with Crippen LogP contribution in [0.4, 0.5) is 4.79 Å². The number of carbonyl (C=O) groups is 2. The van der Waals surface area contributed by atoms with Crippen molar-refractivity contribution in [1.29, 1.82) is 0 Å². The summed E-state index contributed by atoms with van der Waals surface area (Å²) in [7, 11) is 1.66. The van der Waals surface area contributed by atoms with Crippen LogP contribution in [0.25, 0.3) is 39.4 Å². The summed E-state index contributed by atoms with van der Waals surface area (Å²) in [5.41, 5.74) is 5.53. The molecule has 1 fully saturated rings. The Hall–Kier alpha value is -6.78. The number of benzene rings is 3. The molecule has 9 rings (SSSR count). The number of esters is 1. The van der Waals surface area contributed by atoms with Crippen molar-refractivity contribution in [1.82, 2.24) is 39.0 Å². The molecule has 0 aliphatic carbocycles. The molecule has 0 saturated carbocycles. The fraction of sp³-hybridized carbons (Fsp3) is 0.400. The zero-order valence-corrected chi connectivity index (χ0v) is 38.0. The SMILES string of the molecule is CCc1c2c(nc3cc[c]cc13)-c1cc3c(c(=O)n1C2)COC(=O)C3(CC)OC(=O)N(C)CCCCN1CCN(Cc2ccc(-n3c(O)nnc3-c3cc(C(C)C)c(O)cc3O)cc2)CC1. The summed E-state index contributed by atoms with van der Waals surface area (Å²) < 4.78 is 14.9. The lowest BCUT2D eigenvalue weighted by atomic mass is 9.85. The van der Waals surface area contributed by atoms with Crippen molar-refractivity contribution in [3.8, 4) is 46.0 Å². The number of carbonyl (C=O) groups excluding carboxylic acids is 2. The molecule has 1 amide bonds. The number of phenolic OH excluding ortho intramolecular Hbond substituents is 2. The smallest absolute Gasteiger partial charge is 0.410 e. The highest BCUT2D eigenvalue weighted by Gasteiger charge is 2.51. The van der Waals surface area contributed by atoms with Crippen molar-refractivity contribution in [3.05, 3.63) is 110 Å². The number of nitrogens with zero attached hydrogens (tertiary/aromatic N) is 8. The fourth-order valence-corrected chi connectivity index (χ4v) is 9.72. The molecule has 6 heterocycles. The quantitative estimate of drug-likeness (QED) is 0.0830. The monoisotopic (exact) mass is 895 g/mol. The summed E-state index contributed by atoms with van der Waals surface area (Å²) >= 11 is 0. The number of aryl methyl sites for hydroxylation is 1. The minimum atomic E-state index is -1.78. The fourth-order valence-electron chi connectivity index (χ4n) is 9.72. The Labute approximate surface area is 382 Å². The largest absolute Gasteiger partial charge is 0.508 e. The number of unbranched alkanes of at least 4 members (excludes halogenated alkanes) is 1. The number of phenols is 2. The number of rotatable bonds is 13. The molecule has 1 saturated heterocycles. The zero-order chi connectivity index (χ0) is 46.4. The number of aromatic hydroxyl groups is 3. The molecule has 16 nitrogen and oxygen atoms in total. The Balaban J connectivity index is 0.782. The minimum Gasteiger partial charge on any atom is -0.508 e. The second-order valence-electron chi connectivity index (χ2n) is 17.8. The molecule has 3 aliphatic rings. The van der Waals surface area contributed by atoms with Gasteiger partial charge in [0.25, 0.3) is 5.56 Å². The van der Waals surface area contributed by atoms with E-state index in [1.54, 1.807) is 30.7 Å². The molecule has 3 aliphatic heterocycles. The molecular weight excluding hydrogens is 841 g/mol. The van der Waals surface area contributed by atoms with Gasteiger partial charge in [0.05, 0.1) is 40.3 Å². The molecule has 343 valence electrons. The molecule has 1 unspecified atom stereocenters. The molecule has 1 radical (unpaired) electrons. The van der Waals surface area contributed by atoms with Crippen LogP contribution in [0.2, 0.25) is 0 Å². The number of piperazine rings is 1. The van der Waals surface area contributed by atoms with E-state index in [1.807, 2.05) is 56.3 Å². The molecule has 16 heteroatoms. The van der Waals surface area contributed by atoms with Crippen molar-refractivity contribution >= 4 is 23.0 Å². The van der Waals surface area contributed by atoms with E-state index < -0.39 is 17.7 Å². The van der Waals surface area contributed by atoms with E-state index in [2.05, 4.69) is 33.0 Å². The van der Waals surface area contributed by atoms with Crippen molar-refractivity contribution in [3.63, 3.8) is 0 Å². The van der Waals surface area contributed by atoms with Gasteiger partial charge in [0.2, 0.25) is 5.60 Å². The van der Waals surface area contributed by atoms with Crippen LogP contribution < -0.4 is 5.56 Å². The van der Waals surface area contributed by atoms with E-state index in [0.717, 1.165) is 86.1 Å². The second-order valence-corrected chi connectivity index (χ2v) is 17.8. The highest BCUT2D eigenvalue weighted by molar-refractivity contribution is 5.90. The van der Waals surface area contributed by atoms with Crippen molar-refractivity contribution in [2.75, 3.05) is 46.3 Å². The third kappa shape index (κ3) is 7.91. The van der Waals surface area contributed by atoms with E-state index >= 15 is 0 Å². The van der Waals surface area contributed by atoms with E-state index in [4.69, 9.17) is 14.5 Å². The lowest BCUT2D eigenvalue weighted by Crippen LogP contribution is -2.49. The van der Waals surface area contributed by atoms with Crippen LogP contribution >= 0.6 is 0 Å². The van der Waals surface area contributed by atoms with E-state index in [0.29, 0.717) is 52.4 Å². The molecule has 66 heavy (non-hydrogen) atoms. The number of hydrogen-bond acceptors (Lipinski definition) is 13. The maximum absolute atomic E-state index is 14.1. The minimum absolute atomic E-state index is 0.000791. The average molecular weight is 896 g/mol. The highest BCUT2D eigenvalue weighted by Crippen LogP contribution is 2.43. The highest BCUT2D eigenvalue weighted by atomic mass is 16.6. The Morgan fingerprint density at radius 1 is 0.955 bits per heavy atom. The number of pyridine rings is 2. The molecule has 0 bridgehead atoms. The predicted molar refractivity (Wildman–Crippen MR) is 246 cm³/mol. The molecule has 6 aromatic rings. The molecule has 0 spiro atoms. The molecular formula is C50H55N8O8. The number of fused-ring (bicyclic) bond motifs is 5. The summed E-state index contributed by atoms with van der Waals surface area (Å²) in [6, 6.07) is 21.0. The third-order valence-corrected chi connectivity index (χ3v) is 13.5. The van der Waals surface area contributed by atoms with Gasteiger partial charge < -0.3 is 39.2 Å².